The van der Waals surface area contributed by atoms with Crippen LogP contribution >= 0.6 is 0 Å². The van der Waals surface area contributed by atoms with Gasteiger partial charge in [-0.15, -0.1) is 0 Å². The van der Waals surface area contributed by atoms with Crippen LogP contribution in [0.25, 0.3) is 0 Å². The number of primary sulfonamides is 1. The molecule has 2 aromatic carbocycles. The third kappa shape index (κ3) is 5.69. The van der Waals surface area contributed by atoms with Gasteiger partial charge in [-0.1, -0.05) is 0 Å². The van der Waals surface area contributed by atoms with E-state index in [0.717, 1.165) is 17.3 Å². The van der Waals surface area contributed by atoms with Crippen LogP contribution in [0.15, 0.2) is 41.4 Å². The second-order valence-electron chi connectivity index (χ2n) is 7.38. The number of halogens is 1. The van der Waals surface area contributed by atoms with Crippen LogP contribution < -0.4 is 25.2 Å². The Balaban J connectivity index is 1.86. The van der Waals surface area contributed by atoms with Crippen LogP contribution in [0.4, 0.5) is 27.5 Å². The summed E-state index contributed by atoms with van der Waals surface area (Å²) in [6.07, 6.45) is 0.390. The van der Waals surface area contributed by atoms with E-state index in [2.05, 4.69) is 20.6 Å². The summed E-state index contributed by atoms with van der Waals surface area (Å²) in [7, 11) is -2.66. The Morgan fingerprint density at radius 2 is 1.82 bits per heavy atom. The van der Waals surface area contributed by atoms with Gasteiger partial charge in [0.05, 0.1) is 13.3 Å². The summed E-state index contributed by atoms with van der Waals surface area (Å²) in [4.78, 5) is 7.91. The third-order valence-electron chi connectivity index (χ3n) is 4.67. The smallest absolute Gasteiger partial charge is 0.241 e. The number of nitrogens with two attached hydrogens (primary N) is 1. The van der Waals surface area contributed by atoms with Gasteiger partial charge in [0, 0.05) is 17.4 Å². The maximum atomic E-state index is 14.4. The molecule has 0 fully saturated rings. The summed E-state index contributed by atoms with van der Waals surface area (Å²) in [6.45, 7) is 5.28. The van der Waals surface area contributed by atoms with Gasteiger partial charge in [-0.25, -0.2) is 22.9 Å². The molecule has 1 aromatic heterocycles. The molecule has 3 rings (SSSR count). The van der Waals surface area contributed by atoms with E-state index in [9.17, 15) is 12.8 Å². The van der Waals surface area contributed by atoms with Gasteiger partial charge >= 0.3 is 0 Å². The molecular weight excluding hydrogens is 463 g/mol. The molecule has 1 heterocycles. The topological polar surface area (TPSA) is 152 Å². The lowest BCUT2D eigenvalue weighted by Gasteiger charge is -2.16. The van der Waals surface area contributed by atoms with E-state index in [1.165, 1.54) is 25.3 Å². The summed E-state index contributed by atoms with van der Waals surface area (Å²) in [5.41, 5.74) is 2.50. The molecule has 0 aliphatic heterocycles. The van der Waals surface area contributed by atoms with Gasteiger partial charge in [0.1, 0.15) is 22.5 Å². The largest absolute Gasteiger partial charge is 0.495 e. The van der Waals surface area contributed by atoms with Gasteiger partial charge in [-0.05, 0) is 56.2 Å². The number of nitrogens with zero attached hydrogens (tertiary/aromatic N) is 3. The summed E-state index contributed by atoms with van der Waals surface area (Å²) in [5.74, 6) is -0.0792. The molecule has 178 valence electrons. The average molecular weight is 487 g/mol. The van der Waals surface area contributed by atoms with Crippen LogP contribution in [0.3, 0.4) is 0 Å². The van der Waals surface area contributed by atoms with Crippen molar-refractivity contribution in [3.05, 3.63) is 53.5 Å². The zero-order valence-electron chi connectivity index (χ0n) is 18.9. The number of rotatable bonds is 8. The van der Waals surface area contributed by atoms with Gasteiger partial charge in [-0.2, -0.15) is 10.2 Å². The highest BCUT2D eigenvalue weighted by molar-refractivity contribution is 7.89. The predicted molar refractivity (Wildman–Crippen MR) is 125 cm³/mol. The van der Waals surface area contributed by atoms with Gasteiger partial charge in [0.15, 0.2) is 17.7 Å². The predicted octanol–water partition coefficient (Wildman–Crippen LogP) is 3.67. The summed E-state index contributed by atoms with van der Waals surface area (Å²) in [5, 5.41) is 20.0. The Kier molecular flexibility index (Phi) is 7.19. The molecule has 1 unspecified atom stereocenters. The van der Waals surface area contributed by atoms with E-state index >= 15 is 0 Å². The number of nitrogens with one attached hydrogen (secondary N) is 2. The Bertz CT molecular complexity index is 1350. The first kappa shape index (κ1) is 24.7. The lowest BCUT2D eigenvalue weighted by atomic mass is 10.1. The van der Waals surface area contributed by atoms with Crippen LogP contribution in [-0.4, -0.2) is 31.6 Å². The fourth-order valence-electron chi connectivity index (χ4n) is 3.17. The fraction of sp³-hybridized carbons (Fsp3) is 0.227. The van der Waals surface area contributed by atoms with E-state index in [-0.39, 0.29) is 22.4 Å². The van der Waals surface area contributed by atoms with Crippen molar-refractivity contribution >= 4 is 33.2 Å². The molecule has 10 nitrogen and oxygen atoms in total. The van der Waals surface area contributed by atoms with E-state index in [4.69, 9.17) is 19.9 Å². The third-order valence-corrected chi connectivity index (χ3v) is 5.62. The van der Waals surface area contributed by atoms with Gasteiger partial charge in [0.2, 0.25) is 16.0 Å². The molecule has 12 heteroatoms. The van der Waals surface area contributed by atoms with Gasteiger partial charge in [0.25, 0.3) is 0 Å². The molecule has 0 saturated carbocycles. The molecule has 0 aliphatic rings. The van der Waals surface area contributed by atoms with Crippen molar-refractivity contribution < 1.29 is 22.3 Å². The van der Waals surface area contributed by atoms with Crippen LogP contribution in [0.5, 0.6) is 11.5 Å². The molecule has 0 aliphatic carbocycles. The number of methoxy groups -OCH3 is 1. The summed E-state index contributed by atoms with van der Waals surface area (Å²) in [6, 6.07) is 9.66. The Morgan fingerprint density at radius 1 is 1.15 bits per heavy atom. The number of aromatic nitrogens is 2. The molecule has 1 atom stereocenters. The normalized spacial score (nSPS) is 11.9. The molecule has 0 spiro atoms. The first-order valence-electron chi connectivity index (χ1n) is 9.96. The number of nitriles is 1. The van der Waals surface area contributed by atoms with Crippen LogP contribution in [0, 0.1) is 31.0 Å². The first-order valence-corrected chi connectivity index (χ1v) is 11.5. The van der Waals surface area contributed by atoms with Gasteiger partial charge < -0.3 is 20.1 Å². The number of hydrogen-bond acceptors (Lipinski definition) is 9. The van der Waals surface area contributed by atoms with E-state index < -0.39 is 21.9 Å². The van der Waals surface area contributed by atoms with Crippen LogP contribution in [0.2, 0.25) is 0 Å². The molecular formula is C22H23FN6O4S. The SMILES string of the molecule is COc1cc(Nc2ncc(F)c(Nc3cc(C)c(OC(C)C#N)c(C)c3)n2)ccc1S(N)(=O)=O. The highest BCUT2D eigenvalue weighted by Crippen LogP contribution is 2.31. The van der Waals surface area contributed by atoms with Crippen molar-refractivity contribution in [2.75, 3.05) is 17.7 Å². The number of anilines is 4. The molecule has 0 amide bonds. The average Bonchev–Trinajstić information content (AvgIpc) is 2.77. The standard InChI is InChI=1S/C22H23FN6O4S/c1-12-7-16(8-13(2)20(12)33-14(3)10-24)27-21-17(23)11-26-22(29-21)28-15-5-6-19(34(25,30)31)18(9-15)32-4/h5-9,11,14H,1-4H3,(H2,25,30,31)(H2,26,27,28,29). The Morgan fingerprint density at radius 3 is 2.41 bits per heavy atom. The van der Waals surface area contributed by atoms with Gasteiger partial charge in [-0.3, -0.25) is 0 Å². The molecule has 34 heavy (non-hydrogen) atoms. The number of ether oxygens (including phenoxy) is 2. The number of aryl methyl sites for hydroxylation is 2. The highest BCUT2D eigenvalue weighted by atomic mass is 32.2. The number of sulfonamides is 1. The van der Waals surface area contributed by atoms with Crippen molar-refractivity contribution in [1.82, 2.24) is 9.97 Å². The quantitative estimate of drug-likeness (QED) is 0.433. The molecule has 0 bridgehead atoms. The maximum Gasteiger partial charge on any atom is 0.241 e. The van der Waals surface area contributed by atoms with Crippen molar-refractivity contribution in [2.45, 2.75) is 31.8 Å². The fourth-order valence-corrected chi connectivity index (χ4v) is 3.85. The second-order valence-corrected chi connectivity index (χ2v) is 8.91. The van der Waals surface area contributed by atoms with Crippen LogP contribution in [-0.2, 0) is 10.0 Å². The zero-order chi connectivity index (χ0) is 25.0. The minimum Gasteiger partial charge on any atom is -0.495 e. The van der Waals surface area contributed by atoms with E-state index in [0.29, 0.717) is 17.1 Å². The zero-order valence-corrected chi connectivity index (χ0v) is 19.7. The van der Waals surface area contributed by atoms with E-state index in [1.807, 2.05) is 19.9 Å². The Hall–Kier alpha value is -3.95. The van der Waals surface area contributed by atoms with Crippen molar-refractivity contribution in [3.8, 4) is 17.6 Å². The van der Waals surface area contributed by atoms with E-state index in [1.54, 1.807) is 19.1 Å². The molecule has 0 radical (unpaired) electrons. The minimum atomic E-state index is -3.97. The lowest BCUT2D eigenvalue weighted by Crippen LogP contribution is -2.13. The second kappa shape index (κ2) is 9.90. The molecule has 4 N–H and O–H groups in total. The van der Waals surface area contributed by atoms with Crippen LogP contribution in [0.1, 0.15) is 18.1 Å². The maximum absolute atomic E-state index is 14.4. The lowest BCUT2D eigenvalue weighted by molar-refractivity contribution is 0.273. The number of benzene rings is 2. The Labute approximate surface area is 196 Å². The van der Waals surface area contributed by atoms with Crippen molar-refractivity contribution in [1.29, 1.82) is 5.26 Å². The van der Waals surface area contributed by atoms with Crippen molar-refractivity contribution in [3.63, 3.8) is 0 Å². The number of hydrogen-bond donors (Lipinski definition) is 3. The monoisotopic (exact) mass is 486 g/mol. The minimum absolute atomic E-state index is 0.0342. The summed E-state index contributed by atoms with van der Waals surface area (Å²) < 4.78 is 48.5. The highest BCUT2D eigenvalue weighted by Gasteiger charge is 2.16. The molecule has 0 saturated heterocycles. The molecule has 3 aromatic rings. The van der Waals surface area contributed by atoms with Crippen molar-refractivity contribution in [2.24, 2.45) is 5.14 Å². The first-order chi connectivity index (χ1) is 16.0. The summed E-state index contributed by atoms with van der Waals surface area (Å²) >= 11 is 0.